The maximum atomic E-state index is 12.4. The number of carbonyl (C=O) groups excluding carboxylic acids is 2. The van der Waals surface area contributed by atoms with Gasteiger partial charge in [-0.3, -0.25) is 14.2 Å². The van der Waals surface area contributed by atoms with Crippen LogP contribution in [-0.4, -0.2) is 45.9 Å². The molecule has 1 aliphatic heterocycles. The Labute approximate surface area is 183 Å². The number of rotatable bonds is 7. The number of amides is 2. The summed E-state index contributed by atoms with van der Waals surface area (Å²) < 4.78 is 2.12. The molecule has 6 nitrogen and oxygen atoms in total. The second-order valence-electron chi connectivity index (χ2n) is 8.08. The highest BCUT2D eigenvalue weighted by Crippen LogP contribution is 2.22. The fourth-order valence-electron chi connectivity index (χ4n) is 4.21. The minimum atomic E-state index is -0.0460. The summed E-state index contributed by atoms with van der Waals surface area (Å²) in [6.07, 6.45) is 5.82. The third-order valence-electron chi connectivity index (χ3n) is 5.84. The van der Waals surface area contributed by atoms with Crippen molar-refractivity contribution in [1.82, 2.24) is 19.8 Å². The van der Waals surface area contributed by atoms with Gasteiger partial charge in [-0.25, -0.2) is 4.98 Å². The predicted molar refractivity (Wildman–Crippen MR) is 122 cm³/mol. The van der Waals surface area contributed by atoms with E-state index in [1.165, 1.54) is 12.8 Å². The fraction of sp³-hybridized carbons (Fsp3) is 0.400. The second kappa shape index (κ2) is 10.2. The van der Waals surface area contributed by atoms with Gasteiger partial charge >= 0.3 is 0 Å². The van der Waals surface area contributed by atoms with E-state index in [0.717, 1.165) is 48.5 Å². The molecular formula is C25H30N4O2. The standard InChI is InChI=1S/C25H30N4O2/c30-24(26-17-16-25(31)28-18-8-1-2-9-19-28)15-14-23-27-21-12-6-7-13-22(21)29(23)20-10-4-3-5-11-20/h3-7,10-13H,1-2,8-9,14-19H2,(H,26,30). The Hall–Kier alpha value is -3.15. The number of hydrogen-bond donors (Lipinski definition) is 1. The molecule has 1 N–H and O–H groups in total. The van der Waals surface area contributed by atoms with Gasteiger partial charge in [-0.05, 0) is 37.1 Å². The van der Waals surface area contributed by atoms with Crippen molar-refractivity contribution in [3.8, 4) is 5.69 Å². The van der Waals surface area contributed by atoms with Crippen LogP contribution in [0.2, 0.25) is 0 Å². The van der Waals surface area contributed by atoms with Gasteiger partial charge in [0.2, 0.25) is 11.8 Å². The van der Waals surface area contributed by atoms with E-state index in [0.29, 0.717) is 25.8 Å². The quantitative estimate of drug-likeness (QED) is 0.633. The van der Waals surface area contributed by atoms with Crippen molar-refractivity contribution >= 4 is 22.8 Å². The first-order valence-electron chi connectivity index (χ1n) is 11.3. The van der Waals surface area contributed by atoms with E-state index in [2.05, 4.69) is 9.88 Å². The molecule has 0 spiro atoms. The van der Waals surface area contributed by atoms with Crippen LogP contribution < -0.4 is 5.32 Å². The summed E-state index contributed by atoms with van der Waals surface area (Å²) in [4.78, 5) is 31.5. The molecule has 1 aromatic heterocycles. The lowest BCUT2D eigenvalue weighted by atomic mass is 10.2. The minimum Gasteiger partial charge on any atom is -0.356 e. The molecule has 0 unspecified atom stereocenters. The van der Waals surface area contributed by atoms with Crippen molar-refractivity contribution in [3.63, 3.8) is 0 Å². The van der Waals surface area contributed by atoms with Crippen LogP contribution in [0, 0.1) is 0 Å². The van der Waals surface area contributed by atoms with Crippen molar-refractivity contribution in [2.24, 2.45) is 0 Å². The van der Waals surface area contributed by atoms with Crippen molar-refractivity contribution in [3.05, 3.63) is 60.4 Å². The topological polar surface area (TPSA) is 67.2 Å². The zero-order valence-electron chi connectivity index (χ0n) is 17.9. The molecule has 3 aromatic rings. The summed E-state index contributed by atoms with van der Waals surface area (Å²) in [7, 11) is 0. The molecule has 0 saturated carbocycles. The Balaban J connectivity index is 1.34. The summed E-state index contributed by atoms with van der Waals surface area (Å²) in [5.74, 6) is 0.964. The molecule has 0 radical (unpaired) electrons. The largest absolute Gasteiger partial charge is 0.356 e. The number of nitrogens with one attached hydrogen (secondary N) is 1. The van der Waals surface area contributed by atoms with Gasteiger partial charge in [-0.1, -0.05) is 43.2 Å². The number of aromatic nitrogens is 2. The molecule has 0 bridgehead atoms. The molecule has 1 fully saturated rings. The highest BCUT2D eigenvalue weighted by molar-refractivity contribution is 5.80. The molecule has 1 aliphatic rings. The lowest BCUT2D eigenvalue weighted by Crippen LogP contribution is -2.35. The number of benzene rings is 2. The molecule has 2 aromatic carbocycles. The number of carbonyl (C=O) groups is 2. The van der Waals surface area contributed by atoms with E-state index >= 15 is 0 Å². The molecule has 162 valence electrons. The number of para-hydroxylation sites is 3. The van der Waals surface area contributed by atoms with E-state index < -0.39 is 0 Å². The van der Waals surface area contributed by atoms with Gasteiger partial charge in [0.1, 0.15) is 5.82 Å². The van der Waals surface area contributed by atoms with Crippen LogP contribution in [0.4, 0.5) is 0 Å². The predicted octanol–water partition coefficient (Wildman–Crippen LogP) is 3.87. The van der Waals surface area contributed by atoms with Crippen LogP contribution in [-0.2, 0) is 16.0 Å². The summed E-state index contributed by atoms with van der Waals surface area (Å²) in [6, 6.07) is 18.1. The fourth-order valence-corrected chi connectivity index (χ4v) is 4.21. The Kier molecular flexibility index (Phi) is 6.97. The smallest absolute Gasteiger partial charge is 0.224 e. The molecule has 0 aliphatic carbocycles. The van der Waals surface area contributed by atoms with Crippen molar-refractivity contribution in [2.45, 2.75) is 44.9 Å². The average Bonchev–Trinajstić information content (AvgIpc) is 2.95. The van der Waals surface area contributed by atoms with E-state index in [4.69, 9.17) is 4.98 Å². The first kappa shape index (κ1) is 21.1. The molecule has 1 saturated heterocycles. The van der Waals surface area contributed by atoms with Crippen molar-refractivity contribution in [1.29, 1.82) is 0 Å². The van der Waals surface area contributed by atoms with Gasteiger partial charge in [-0.2, -0.15) is 0 Å². The monoisotopic (exact) mass is 418 g/mol. The Morgan fingerprint density at radius 2 is 1.58 bits per heavy atom. The number of aryl methyl sites for hydroxylation is 1. The highest BCUT2D eigenvalue weighted by Gasteiger charge is 2.16. The third kappa shape index (κ3) is 5.32. The van der Waals surface area contributed by atoms with Crippen molar-refractivity contribution < 1.29 is 9.59 Å². The second-order valence-corrected chi connectivity index (χ2v) is 8.08. The zero-order valence-corrected chi connectivity index (χ0v) is 17.9. The average molecular weight is 419 g/mol. The number of imidazole rings is 1. The lowest BCUT2D eigenvalue weighted by molar-refractivity contribution is -0.131. The highest BCUT2D eigenvalue weighted by atomic mass is 16.2. The van der Waals surface area contributed by atoms with Crippen LogP contribution >= 0.6 is 0 Å². The molecule has 6 heteroatoms. The molecule has 4 rings (SSSR count). The van der Waals surface area contributed by atoms with Gasteiger partial charge < -0.3 is 10.2 Å². The summed E-state index contributed by atoms with van der Waals surface area (Å²) in [6.45, 7) is 2.09. The number of fused-ring (bicyclic) bond motifs is 1. The summed E-state index contributed by atoms with van der Waals surface area (Å²) in [5.41, 5.74) is 2.99. The van der Waals surface area contributed by atoms with Gasteiger partial charge in [-0.15, -0.1) is 0 Å². The first-order valence-corrected chi connectivity index (χ1v) is 11.3. The molecule has 2 amide bonds. The number of likely N-dealkylation sites (tertiary alicyclic amines) is 1. The van der Waals surface area contributed by atoms with Crippen LogP contribution in [0.25, 0.3) is 16.7 Å². The molecule has 0 atom stereocenters. The zero-order chi connectivity index (χ0) is 21.5. The van der Waals surface area contributed by atoms with E-state index in [-0.39, 0.29) is 11.8 Å². The lowest BCUT2D eigenvalue weighted by Gasteiger charge is -2.20. The molecule has 31 heavy (non-hydrogen) atoms. The normalized spacial score (nSPS) is 14.4. The number of hydrogen-bond acceptors (Lipinski definition) is 3. The van der Waals surface area contributed by atoms with Crippen LogP contribution in [0.3, 0.4) is 0 Å². The maximum Gasteiger partial charge on any atom is 0.224 e. The maximum absolute atomic E-state index is 12.4. The van der Waals surface area contributed by atoms with Gasteiger partial charge in [0.25, 0.3) is 0 Å². The van der Waals surface area contributed by atoms with E-state index in [1.54, 1.807) is 0 Å². The summed E-state index contributed by atoms with van der Waals surface area (Å²) >= 11 is 0. The number of nitrogens with zero attached hydrogens (tertiary/aromatic N) is 3. The Morgan fingerprint density at radius 1 is 0.871 bits per heavy atom. The van der Waals surface area contributed by atoms with E-state index in [1.807, 2.05) is 59.5 Å². The first-order chi connectivity index (χ1) is 15.2. The van der Waals surface area contributed by atoms with Crippen LogP contribution in [0.1, 0.15) is 44.3 Å². The minimum absolute atomic E-state index is 0.0460. The van der Waals surface area contributed by atoms with Crippen LogP contribution in [0.5, 0.6) is 0 Å². The van der Waals surface area contributed by atoms with E-state index in [9.17, 15) is 9.59 Å². The van der Waals surface area contributed by atoms with Gasteiger partial charge in [0, 0.05) is 44.6 Å². The Morgan fingerprint density at radius 3 is 2.35 bits per heavy atom. The SMILES string of the molecule is O=C(CCc1nc2ccccc2n1-c1ccccc1)NCCC(=O)N1CCCCCC1. The van der Waals surface area contributed by atoms with Gasteiger partial charge in [0.15, 0.2) is 0 Å². The van der Waals surface area contributed by atoms with Crippen LogP contribution in [0.15, 0.2) is 54.6 Å². The van der Waals surface area contributed by atoms with Crippen molar-refractivity contribution in [2.75, 3.05) is 19.6 Å². The molecule has 2 heterocycles. The molecular weight excluding hydrogens is 388 g/mol. The Bertz CT molecular complexity index is 1020. The van der Waals surface area contributed by atoms with Gasteiger partial charge in [0.05, 0.1) is 11.0 Å². The third-order valence-corrected chi connectivity index (χ3v) is 5.84. The summed E-state index contributed by atoms with van der Waals surface area (Å²) in [5, 5.41) is 2.91.